The summed E-state index contributed by atoms with van der Waals surface area (Å²) >= 11 is 17.4. The molecule has 0 spiro atoms. The van der Waals surface area contributed by atoms with Crippen molar-refractivity contribution in [3.63, 3.8) is 0 Å². The molecule has 1 atom stereocenters. The van der Waals surface area contributed by atoms with Gasteiger partial charge in [0.2, 0.25) is 0 Å². The highest BCUT2D eigenvalue weighted by Gasteiger charge is 2.34. The van der Waals surface area contributed by atoms with Gasteiger partial charge in [0, 0.05) is 43.7 Å². The summed E-state index contributed by atoms with van der Waals surface area (Å²) in [5, 5.41) is 14.1. The molecule has 22 heavy (non-hydrogen) atoms. The van der Waals surface area contributed by atoms with E-state index in [-0.39, 0.29) is 29.5 Å². The summed E-state index contributed by atoms with van der Waals surface area (Å²) in [5.74, 6) is -0.447. The maximum atomic E-state index is 12.3. The minimum absolute atomic E-state index is 0.0257. The normalized spacial score (nSPS) is 18.6. The number of hydrogen-bond acceptors (Lipinski definition) is 8. The van der Waals surface area contributed by atoms with E-state index in [2.05, 4.69) is 60.5 Å². The van der Waals surface area contributed by atoms with Crippen LogP contribution >= 0.6 is 50.5 Å². The molecule has 1 aliphatic carbocycles. The number of rotatable bonds is 4. The Labute approximate surface area is 150 Å². The first-order chi connectivity index (χ1) is 10.4. The first kappa shape index (κ1) is 17.7. The lowest BCUT2D eigenvalue weighted by Gasteiger charge is -2.13. The predicted molar refractivity (Wildman–Crippen MR) is 98.2 cm³/mol. The molecule has 0 saturated heterocycles. The molecule has 4 nitrogen and oxygen atoms in total. The van der Waals surface area contributed by atoms with Crippen LogP contribution in [-0.4, -0.2) is 24.2 Å². The maximum absolute atomic E-state index is 12.3. The minimum Gasteiger partial charge on any atom is -0.511 e. The van der Waals surface area contributed by atoms with Crippen molar-refractivity contribution < 1.29 is 14.7 Å². The van der Waals surface area contributed by atoms with E-state index in [0.29, 0.717) is 31.6 Å². The van der Waals surface area contributed by atoms with Gasteiger partial charge in [-0.2, -0.15) is 0 Å². The van der Waals surface area contributed by atoms with Crippen LogP contribution < -0.4 is 0 Å². The van der Waals surface area contributed by atoms with Gasteiger partial charge in [0.15, 0.2) is 5.78 Å². The van der Waals surface area contributed by atoms with Crippen molar-refractivity contribution in [2.24, 2.45) is 11.1 Å². The number of aliphatic hydroxyl groups is 1. The van der Waals surface area contributed by atoms with E-state index in [9.17, 15) is 9.90 Å². The van der Waals surface area contributed by atoms with Crippen molar-refractivity contribution in [2.45, 2.75) is 32.4 Å². The fourth-order valence-corrected chi connectivity index (χ4v) is 3.76. The Morgan fingerprint density at radius 3 is 2.64 bits per heavy atom. The lowest BCUT2D eigenvalue weighted by Crippen LogP contribution is -2.01. The molecule has 0 bridgehead atoms. The van der Waals surface area contributed by atoms with E-state index in [1.165, 1.54) is 13.3 Å². The fraction of sp³-hybridized carbons (Fsp3) is 0.286. The van der Waals surface area contributed by atoms with Crippen molar-refractivity contribution in [1.82, 2.24) is 0 Å². The summed E-state index contributed by atoms with van der Waals surface area (Å²) in [6.07, 6.45) is 2.15. The second-order valence-electron chi connectivity index (χ2n) is 4.78. The van der Waals surface area contributed by atoms with Gasteiger partial charge in [-0.1, -0.05) is 5.16 Å². The largest absolute Gasteiger partial charge is 0.511 e. The third-order valence-electron chi connectivity index (χ3n) is 3.41. The van der Waals surface area contributed by atoms with Gasteiger partial charge in [0.1, 0.15) is 12.9 Å². The van der Waals surface area contributed by atoms with E-state index in [4.69, 9.17) is 0 Å². The average Bonchev–Trinajstić information content (AvgIpc) is 2.73. The van der Waals surface area contributed by atoms with E-state index in [1.54, 1.807) is 6.07 Å². The zero-order valence-electron chi connectivity index (χ0n) is 11.6. The number of carbonyl (C=O) groups is 1. The predicted octanol–water partition coefficient (Wildman–Crippen LogP) is 3.72. The molecule has 0 aliphatic heterocycles. The molecule has 0 aromatic heterocycles. The van der Waals surface area contributed by atoms with Crippen LogP contribution in [0.5, 0.6) is 0 Å². The van der Waals surface area contributed by atoms with Gasteiger partial charge in [-0.05, 0) is 12.5 Å². The van der Waals surface area contributed by atoms with Crippen LogP contribution in [0.15, 0.2) is 36.6 Å². The molecule has 0 radical (unpaired) electrons. The van der Waals surface area contributed by atoms with Gasteiger partial charge in [-0.25, -0.2) is 0 Å². The van der Waals surface area contributed by atoms with Crippen LogP contribution in [-0.2, 0) is 9.63 Å². The van der Waals surface area contributed by atoms with Crippen LogP contribution in [0.2, 0.25) is 0 Å². The average molecular weight is 374 g/mol. The topological polar surface area (TPSA) is 58.9 Å². The second kappa shape index (κ2) is 7.25. The Morgan fingerprint density at radius 2 is 2.00 bits per heavy atom. The Morgan fingerprint density at radius 1 is 1.32 bits per heavy atom. The minimum atomic E-state index is -0.319. The Hall–Kier alpha value is -0.700. The number of ketones is 1. The first-order valence-corrected chi connectivity index (χ1v) is 8.15. The van der Waals surface area contributed by atoms with Gasteiger partial charge in [0.25, 0.3) is 0 Å². The van der Waals surface area contributed by atoms with Crippen LogP contribution in [0.4, 0.5) is 0 Å². The third-order valence-corrected chi connectivity index (χ3v) is 5.38. The molecule has 1 N–H and O–H groups in total. The van der Waals surface area contributed by atoms with Crippen LogP contribution in [0.3, 0.4) is 0 Å². The molecule has 118 valence electrons. The maximum Gasteiger partial charge on any atom is 0.167 e. The highest BCUT2D eigenvalue weighted by atomic mass is 32.1. The fourth-order valence-electron chi connectivity index (χ4n) is 2.35. The molecule has 1 aromatic carbocycles. The SMILES string of the molecule is CO/N=C/CC1CC(=O)C(c2c(S)cc(S)c(S)c2S)=C1O. The van der Waals surface area contributed by atoms with E-state index < -0.39 is 0 Å². The standard InChI is InChI=1S/C14H15NO3S4/c1-18-15-3-2-6-4-7(16)10(12(6)17)11-8(19)5-9(20)13(21)14(11)22/h3,5-6,17,19-22H,2,4H2,1H3/b15-3+. The van der Waals surface area contributed by atoms with Crippen molar-refractivity contribution in [2.75, 3.05) is 7.11 Å². The summed E-state index contributed by atoms with van der Waals surface area (Å²) in [6, 6.07) is 1.68. The number of benzene rings is 1. The quantitative estimate of drug-likeness (QED) is 0.318. The van der Waals surface area contributed by atoms with Crippen LogP contribution in [0, 0.1) is 5.92 Å². The first-order valence-electron chi connectivity index (χ1n) is 6.37. The number of oxime groups is 1. The van der Waals surface area contributed by atoms with Gasteiger partial charge in [0.05, 0.1) is 5.57 Å². The van der Waals surface area contributed by atoms with E-state index in [0.717, 1.165) is 0 Å². The summed E-state index contributed by atoms with van der Waals surface area (Å²) < 4.78 is 0. The lowest BCUT2D eigenvalue weighted by atomic mass is 10.0. The molecule has 0 saturated carbocycles. The molecule has 0 amide bonds. The van der Waals surface area contributed by atoms with Crippen molar-refractivity contribution >= 4 is 68.1 Å². The van der Waals surface area contributed by atoms with Crippen molar-refractivity contribution in [3.05, 3.63) is 17.4 Å². The number of Topliss-reactive ketones (excluding diaryl/α,β-unsaturated/α-hetero) is 1. The molecule has 0 fully saturated rings. The number of carbonyl (C=O) groups excluding carboxylic acids is 1. The van der Waals surface area contributed by atoms with Crippen molar-refractivity contribution in [1.29, 1.82) is 0 Å². The molecule has 2 rings (SSSR count). The summed E-state index contributed by atoms with van der Waals surface area (Å²) in [5.41, 5.74) is 0.734. The van der Waals surface area contributed by atoms with Crippen LogP contribution in [0.1, 0.15) is 18.4 Å². The van der Waals surface area contributed by atoms with Gasteiger partial charge < -0.3 is 9.94 Å². The molecule has 1 unspecified atom stereocenters. The Bertz CT molecular complexity index is 685. The number of aliphatic hydroxyl groups excluding tert-OH is 1. The zero-order valence-corrected chi connectivity index (χ0v) is 15.2. The van der Waals surface area contributed by atoms with Gasteiger partial charge >= 0.3 is 0 Å². The molecule has 1 aliphatic rings. The summed E-state index contributed by atoms with van der Waals surface area (Å²) in [7, 11) is 1.44. The number of hydrogen-bond donors (Lipinski definition) is 5. The monoisotopic (exact) mass is 373 g/mol. The highest BCUT2D eigenvalue weighted by Crippen LogP contribution is 2.43. The number of nitrogens with zero attached hydrogens (tertiary/aromatic N) is 1. The summed E-state index contributed by atoms with van der Waals surface area (Å²) in [4.78, 5) is 19.1. The van der Waals surface area contributed by atoms with Crippen molar-refractivity contribution in [3.8, 4) is 0 Å². The second-order valence-corrected chi connectivity index (χ2v) is 6.64. The summed E-state index contributed by atoms with van der Waals surface area (Å²) in [6.45, 7) is 0. The van der Waals surface area contributed by atoms with Gasteiger partial charge in [-0.3, -0.25) is 4.79 Å². The zero-order chi connectivity index (χ0) is 16.4. The molecule has 0 heterocycles. The van der Waals surface area contributed by atoms with E-state index in [1.807, 2.05) is 0 Å². The molecular formula is C14H15NO3S4. The smallest absolute Gasteiger partial charge is 0.167 e. The lowest BCUT2D eigenvalue weighted by molar-refractivity contribution is -0.113. The third kappa shape index (κ3) is 3.29. The van der Waals surface area contributed by atoms with E-state index >= 15 is 0 Å². The number of allylic oxidation sites excluding steroid dienone is 2. The Kier molecular flexibility index (Phi) is 5.81. The molecule has 1 aromatic rings. The number of thiol groups is 4. The van der Waals surface area contributed by atoms with Crippen LogP contribution in [0.25, 0.3) is 5.57 Å². The Balaban J connectivity index is 2.49. The highest BCUT2D eigenvalue weighted by molar-refractivity contribution is 7.85. The van der Waals surface area contributed by atoms with Gasteiger partial charge in [-0.15, -0.1) is 50.5 Å². The molecule has 8 heteroatoms. The molecular weight excluding hydrogens is 358 g/mol.